The summed E-state index contributed by atoms with van der Waals surface area (Å²) in [6.45, 7) is 0. The van der Waals surface area contributed by atoms with Crippen molar-refractivity contribution in [2.24, 2.45) is 0 Å². The van der Waals surface area contributed by atoms with Crippen LogP contribution in [0.4, 0.5) is 0 Å². The highest BCUT2D eigenvalue weighted by molar-refractivity contribution is 9.10. The first kappa shape index (κ1) is 12.1. The van der Waals surface area contributed by atoms with E-state index in [1.807, 2.05) is 12.1 Å². The fourth-order valence-electron chi connectivity index (χ4n) is 2.17. The van der Waals surface area contributed by atoms with Gasteiger partial charge >= 0.3 is 0 Å². The molecule has 0 unspecified atom stereocenters. The number of nitrogens with zero attached hydrogens (tertiary/aromatic N) is 3. The molecule has 0 spiro atoms. The number of aromatic nitrogens is 3. The van der Waals surface area contributed by atoms with E-state index in [1.54, 1.807) is 6.20 Å². The van der Waals surface area contributed by atoms with E-state index >= 15 is 0 Å². The first-order valence-electron chi connectivity index (χ1n) is 5.91. The van der Waals surface area contributed by atoms with Crippen molar-refractivity contribution in [3.05, 3.63) is 39.2 Å². The summed E-state index contributed by atoms with van der Waals surface area (Å²) >= 11 is 9.60. The summed E-state index contributed by atoms with van der Waals surface area (Å²) in [6, 6.07) is 3.82. The molecule has 2 aromatic heterocycles. The molecule has 0 radical (unpaired) electrons. The largest absolute Gasteiger partial charge is 0.252 e. The molecular formula is C13H11BrClN3. The maximum absolute atomic E-state index is 6.24. The molecule has 0 fully saturated rings. The van der Waals surface area contributed by atoms with Gasteiger partial charge in [-0.15, -0.1) is 0 Å². The Hall–Kier alpha value is -1.00. The summed E-state index contributed by atoms with van der Waals surface area (Å²) in [5, 5.41) is 0.583. The highest BCUT2D eigenvalue weighted by Gasteiger charge is 2.17. The highest BCUT2D eigenvalue weighted by Crippen LogP contribution is 2.27. The summed E-state index contributed by atoms with van der Waals surface area (Å²) in [6.07, 6.45) is 6.06. The fourth-order valence-corrected chi connectivity index (χ4v) is 2.69. The molecule has 1 aliphatic rings. The van der Waals surface area contributed by atoms with Gasteiger partial charge in [0.05, 0.1) is 0 Å². The predicted molar refractivity (Wildman–Crippen MR) is 74.6 cm³/mol. The maximum Gasteiger partial charge on any atom is 0.179 e. The number of aryl methyl sites for hydroxylation is 1. The van der Waals surface area contributed by atoms with Gasteiger partial charge in [0.25, 0.3) is 0 Å². The molecule has 92 valence electrons. The highest BCUT2D eigenvalue weighted by atomic mass is 79.9. The molecule has 0 aromatic carbocycles. The third-order valence-corrected chi connectivity index (χ3v) is 3.87. The van der Waals surface area contributed by atoms with Crippen molar-refractivity contribution >= 4 is 27.5 Å². The molecule has 0 saturated heterocycles. The minimum absolute atomic E-state index is 0.583. The van der Waals surface area contributed by atoms with Crippen LogP contribution in [0.1, 0.15) is 24.1 Å². The maximum atomic E-state index is 6.24. The summed E-state index contributed by atoms with van der Waals surface area (Å²) in [5.41, 5.74) is 2.96. The second-order valence-electron chi connectivity index (χ2n) is 4.33. The number of rotatable bonds is 1. The predicted octanol–water partition coefficient (Wildman–Crippen LogP) is 3.83. The first-order valence-corrected chi connectivity index (χ1v) is 7.08. The van der Waals surface area contributed by atoms with Gasteiger partial charge < -0.3 is 0 Å². The Bertz CT molecular complexity index is 584. The minimum Gasteiger partial charge on any atom is -0.252 e. The second kappa shape index (κ2) is 4.94. The molecule has 0 amide bonds. The van der Waals surface area contributed by atoms with Crippen molar-refractivity contribution in [2.45, 2.75) is 25.7 Å². The van der Waals surface area contributed by atoms with Gasteiger partial charge in [-0.05, 0) is 53.7 Å². The summed E-state index contributed by atoms with van der Waals surface area (Å²) in [7, 11) is 0. The molecule has 5 heteroatoms. The van der Waals surface area contributed by atoms with Gasteiger partial charge in [0.15, 0.2) is 5.82 Å². The number of halogens is 2. The molecule has 0 bridgehead atoms. The summed E-state index contributed by atoms with van der Waals surface area (Å²) < 4.78 is 0.940. The lowest BCUT2D eigenvalue weighted by molar-refractivity contribution is 0.663. The lowest BCUT2D eigenvalue weighted by Crippen LogP contribution is -2.09. The van der Waals surface area contributed by atoms with E-state index in [4.69, 9.17) is 11.6 Å². The van der Waals surface area contributed by atoms with Crippen LogP contribution < -0.4 is 0 Å². The van der Waals surface area contributed by atoms with E-state index in [1.165, 1.54) is 12.8 Å². The monoisotopic (exact) mass is 323 g/mol. The van der Waals surface area contributed by atoms with E-state index in [9.17, 15) is 0 Å². The third kappa shape index (κ3) is 2.27. The van der Waals surface area contributed by atoms with Crippen LogP contribution in [-0.2, 0) is 12.8 Å². The molecule has 0 atom stereocenters. The van der Waals surface area contributed by atoms with Gasteiger partial charge in [-0.1, -0.05) is 11.6 Å². The Kier molecular flexibility index (Phi) is 3.31. The van der Waals surface area contributed by atoms with Gasteiger partial charge in [0.1, 0.15) is 10.8 Å². The average Bonchev–Trinajstić information content (AvgIpc) is 2.39. The average molecular weight is 325 g/mol. The molecule has 3 nitrogen and oxygen atoms in total. The minimum atomic E-state index is 0.583. The van der Waals surface area contributed by atoms with Crippen LogP contribution in [0.15, 0.2) is 22.8 Å². The second-order valence-corrected chi connectivity index (χ2v) is 5.61. The first-order chi connectivity index (χ1) is 8.74. The summed E-state index contributed by atoms with van der Waals surface area (Å²) in [4.78, 5) is 13.3. The number of hydrogen-bond acceptors (Lipinski definition) is 3. The van der Waals surface area contributed by atoms with Crippen LogP contribution in [0, 0.1) is 0 Å². The number of hydrogen-bond donors (Lipinski definition) is 0. The van der Waals surface area contributed by atoms with Crippen molar-refractivity contribution in [3.8, 4) is 11.5 Å². The van der Waals surface area contributed by atoms with Gasteiger partial charge in [0.2, 0.25) is 0 Å². The lowest BCUT2D eigenvalue weighted by atomic mass is 9.97. The molecule has 2 heterocycles. The van der Waals surface area contributed by atoms with Crippen LogP contribution in [0.2, 0.25) is 5.15 Å². The van der Waals surface area contributed by atoms with Crippen LogP contribution in [0.25, 0.3) is 11.5 Å². The zero-order chi connectivity index (χ0) is 12.5. The number of pyridine rings is 1. The molecule has 3 rings (SSSR count). The van der Waals surface area contributed by atoms with Crippen molar-refractivity contribution < 1.29 is 0 Å². The Morgan fingerprint density at radius 3 is 2.72 bits per heavy atom. The van der Waals surface area contributed by atoms with Crippen molar-refractivity contribution in [3.63, 3.8) is 0 Å². The molecule has 2 aromatic rings. The van der Waals surface area contributed by atoms with E-state index < -0.39 is 0 Å². The molecule has 18 heavy (non-hydrogen) atoms. The van der Waals surface area contributed by atoms with E-state index in [2.05, 4.69) is 30.9 Å². The SMILES string of the molecule is Clc1nc(-c2ccc(Br)cn2)nc2c1CCCC2. The Morgan fingerprint density at radius 2 is 1.94 bits per heavy atom. The molecule has 0 aliphatic heterocycles. The fraction of sp³-hybridized carbons (Fsp3) is 0.308. The smallest absolute Gasteiger partial charge is 0.179 e. The van der Waals surface area contributed by atoms with Crippen LogP contribution in [0.5, 0.6) is 0 Å². The van der Waals surface area contributed by atoms with Gasteiger partial charge in [-0.25, -0.2) is 9.97 Å². The normalized spacial score (nSPS) is 14.3. The molecule has 0 N–H and O–H groups in total. The molecule has 1 aliphatic carbocycles. The Morgan fingerprint density at radius 1 is 1.11 bits per heavy atom. The zero-order valence-electron chi connectivity index (χ0n) is 9.66. The van der Waals surface area contributed by atoms with Gasteiger partial charge in [-0.3, -0.25) is 4.98 Å². The summed E-state index contributed by atoms with van der Waals surface area (Å²) in [5.74, 6) is 0.619. The van der Waals surface area contributed by atoms with Crippen LogP contribution >= 0.6 is 27.5 Å². The zero-order valence-corrected chi connectivity index (χ0v) is 12.0. The van der Waals surface area contributed by atoms with Crippen molar-refractivity contribution in [1.82, 2.24) is 15.0 Å². The van der Waals surface area contributed by atoms with Crippen molar-refractivity contribution in [1.29, 1.82) is 0 Å². The van der Waals surface area contributed by atoms with Gasteiger partial charge in [-0.2, -0.15) is 0 Å². The Balaban J connectivity index is 2.08. The molecular weight excluding hydrogens is 314 g/mol. The Labute approximate surface area is 119 Å². The van der Waals surface area contributed by atoms with E-state index in [0.29, 0.717) is 11.0 Å². The van der Waals surface area contributed by atoms with Crippen LogP contribution in [-0.4, -0.2) is 15.0 Å². The quantitative estimate of drug-likeness (QED) is 0.748. The van der Waals surface area contributed by atoms with E-state index in [-0.39, 0.29) is 0 Å². The lowest BCUT2D eigenvalue weighted by Gasteiger charge is -2.16. The van der Waals surface area contributed by atoms with Crippen molar-refractivity contribution in [2.75, 3.05) is 0 Å². The van der Waals surface area contributed by atoms with E-state index in [0.717, 1.165) is 34.3 Å². The third-order valence-electron chi connectivity index (χ3n) is 3.09. The van der Waals surface area contributed by atoms with Crippen LogP contribution in [0.3, 0.4) is 0 Å². The molecule has 0 saturated carbocycles. The number of fused-ring (bicyclic) bond motifs is 1. The van der Waals surface area contributed by atoms with Gasteiger partial charge in [0, 0.05) is 21.9 Å². The topological polar surface area (TPSA) is 38.7 Å². The standard InChI is InChI=1S/C13H11BrClN3/c14-8-5-6-11(16-7-8)13-17-10-4-2-1-3-9(10)12(15)18-13/h5-7H,1-4H2.